The molecule has 0 N–H and O–H groups in total. The first kappa shape index (κ1) is 63.8. The summed E-state index contributed by atoms with van der Waals surface area (Å²) in [6.07, 6.45) is 70.3. The van der Waals surface area contributed by atoms with Crippen LogP contribution in [0.4, 0.5) is 0 Å². The second kappa shape index (κ2) is 55.4. The van der Waals surface area contributed by atoms with Crippen LogP contribution in [-0.4, -0.2) is 37.2 Å². The van der Waals surface area contributed by atoms with Gasteiger partial charge in [0.1, 0.15) is 13.2 Å². The van der Waals surface area contributed by atoms with Crippen LogP contribution < -0.4 is 0 Å². The maximum atomic E-state index is 12.8. The first-order valence-corrected chi connectivity index (χ1v) is 28.5. The lowest BCUT2D eigenvalue weighted by molar-refractivity contribution is -0.167. The van der Waals surface area contributed by atoms with E-state index in [1.807, 2.05) is 0 Å². The summed E-state index contributed by atoms with van der Waals surface area (Å²) in [7, 11) is 0. The van der Waals surface area contributed by atoms with Crippen LogP contribution >= 0.6 is 0 Å². The molecule has 0 amide bonds. The molecule has 0 aromatic carbocycles. The van der Waals surface area contributed by atoms with E-state index in [-0.39, 0.29) is 37.5 Å². The molecule has 0 bridgehead atoms. The lowest BCUT2D eigenvalue weighted by atomic mass is 10.1. The first-order chi connectivity index (χ1) is 33.0. The molecule has 0 heterocycles. The fraction of sp³-hybridized carbons (Fsp3) is 0.754. The third kappa shape index (κ3) is 53.7. The number of esters is 3. The van der Waals surface area contributed by atoms with Crippen LogP contribution in [0.3, 0.4) is 0 Å². The predicted octanol–water partition coefficient (Wildman–Crippen LogP) is 19.0. The van der Waals surface area contributed by atoms with Gasteiger partial charge in [-0.05, 0) is 103 Å². The molecule has 386 valence electrons. The van der Waals surface area contributed by atoms with Crippen LogP contribution in [0.5, 0.6) is 0 Å². The van der Waals surface area contributed by atoms with Crippen molar-refractivity contribution >= 4 is 17.9 Å². The van der Waals surface area contributed by atoms with Gasteiger partial charge in [-0.3, -0.25) is 14.4 Å². The van der Waals surface area contributed by atoms with Gasteiger partial charge in [0.2, 0.25) is 0 Å². The van der Waals surface area contributed by atoms with Gasteiger partial charge in [0.05, 0.1) is 0 Å². The second-order valence-corrected chi connectivity index (χ2v) is 18.9. The smallest absolute Gasteiger partial charge is 0.306 e. The number of carbonyl (C=O) groups is 3. The summed E-state index contributed by atoms with van der Waals surface area (Å²) in [6.45, 7) is 6.56. The minimum atomic E-state index is -0.803. The van der Waals surface area contributed by atoms with E-state index in [1.54, 1.807) is 0 Å². The molecule has 6 heteroatoms. The van der Waals surface area contributed by atoms with Crippen LogP contribution in [-0.2, 0) is 28.6 Å². The van der Waals surface area contributed by atoms with Gasteiger partial charge < -0.3 is 14.2 Å². The van der Waals surface area contributed by atoms with Crippen LogP contribution in [0.25, 0.3) is 0 Å². The van der Waals surface area contributed by atoms with E-state index in [0.29, 0.717) is 19.3 Å². The molecule has 1 atom stereocenters. The predicted molar refractivity (Wildman–Crippen MR) is 288 cm³/mol. The Morgan fingerprint density at radius 2 is 0.597 bits per heavy atom. The Hall–Kier alpha value is -3.15. The number of rotatable bonds is 51. The molecule has 0 aliphatic carbocycles. The molecule has 1 unspecified atom stereocenters. The lowest BCUT2D eigenvalue weighted by Gasteiger charge is -2.18. The number of unbranched alkanes of at least 4 members (excludes halogenated alkanes) is 29. The summed E-state index contributed by atoms with van der Waals surface area (Å²) in [5, 5.41) is 0. The van der Waals surface area contributed by atoms with Crippen molar-refractivity contribution in [1.82, 2.24) is 0 Å². The molecule has 0 aliphatic heterocycles. The summed E-state index contributed by atoms with van der Waals surface area (Å²) in [5.41, 5.74) is 0. The second-order valence-electron chi connectivity index (χ2n) is 18.9. The van der Waals surface area contributed by atoms with Gasteiger partial charge in [-0.2, -0.15) is 0 Å². The van der Waals surface area contributed by atoms with E-state index in [9.17, 15) is 14.4 Å². The summed E-state index contributed by atoms with van der Waals surface area (Å²) in [5.74, 6) is -0.961. The van der Waals surface area contributed by atoms with Crippen molar-refractivity contribution < 1.29 is 28.6 Å². The van der Waals surface area contributed by atoms with Crippen molar-refractivity contribution in [2.24, 2.45) is 0 Å². The Kier molecular flexibility index (Phi) is 52.8. The molecule has 0 radical (unpaired) electrons. The number of ether oxygens (including phenoxy) is 3. The van der Waals surface area contributed by atoms with Crippen molar-refractivity contribution in [2.45, 2.75) is 284 Å². The molecule has 6 nitrogen and oxygen atoms in total. The molecule has 67 heavy (non-hydrogen) atoms. The fourth-order valence-electron chi connectivity index (χ4n) is 7.86. The number of hydrogen-bond acceptors (Lipinski definition) is 6. The topological polar surface area (TPSA) is 78.9 Å². The lowest BCUT2D eigenvalue weighted by Crippen LogP contribution is -2.30. The van der Waals surface area contributed by atoms with Crippen LogP contribution in [0.2, 0.25) is 0 Å². The molecule has 0 fully saturated rings. The molecule has 0 aromatic heterocycles. The van der Waals surface area contributed by atoms with E-state index in [4.69, 9.17) is 14.2 Å². The Labute approximate surface area is 414 Å². The standard InChI is InChI=1S/C61H106O6/c1-4-7-10-13-16-19-22-25-28-30-33-36-39-42-45-48-51-54-60(63)66-57-58(56-65-59(62)53-50-47-44-41-38-35-32-27-24-21-18-15-12-9-6-3)67-61(64)55-52-49-46-43-40-37-34-31-29-26-23-20-17-14-11-8-5-2/h18,21,24-29,33,36,42,45,58H,4-17,19-20,22-23,30-32,34-35,37-41,43-44,46-57H2,1-3H3/b21-18-,27-24-,28-25-,29-26-,36-33-,45-42-. The Balaban J connectivity index is 4.47. The van der Waals surface area contributed by atoms with Gasteiger partial charge in [-0.25, -0.2) is 0 Å². The molecular weight excluding hydrogens is 829 g/mol. The monoisotopic (exact) mass is 935 g/mol. The first-order valence-electron chi connectivity index (χ1n) is 28.5. The van der Waals surface area contributed by atoms with Gasteiger partial charge >= 0.3 is 17.9 Å². The summed E-state index contributed by atoms with van der Waals surface area (Å²) in [4.78, 5) is 38.1. The summed E-state index contributed by atoms with van der Waals surface area (Å²) in [6, 6.07) is 0. The maximum Gasteiger partial charge on any atom is 0.306 e. The largest absolute Gasteiger partial charge is 0.462 e. The third-order valence-electron chi connectivity index (χ3n) is 12.2. The van der Waals surface area contributed by atoms with Gasteiger partial charge in [0, 0.05) is 19.3 Å². The SMILES string of the molecule is CCCCC/C=C\C=C/CCCCCCCCC(=O)OCC(COC(=O)CCC/C=C\C/C=C\C/C=C\CCCCCCCC)OC(=O)CCCCCCCCC/C=C\CCCCCCCC. The molecule has 0 saturated heterocycles. The van der Waals surface area contributed by atoms with Crippen molar-refractivity contribution in [3.05, 3.63) is 72.9 Å². The molecule has 0 saturated carbocycles. The average molecular weight is 936 g/mol. The van der Waals surface area contributed by atoms with Gasteiger partial charge in [0.25, 0.3) is 0 Å². The Morgan fingerprint density at radius 1 is 0.313 bits per heavy atom. The minimum absolute atomic E-state index is 0.0985. The van der Waals surface area contributed by atoms with Crippen molar-refractivity contribution in [3.63, 3.8) is 0 Å². The van der Waals surface area contributed by atoms with Gasteiger partial charge in [-0.1, -0.05) is 229 Å². The van der Waals surface area contributed by atoms with Crippen LogP contribution in [0.1, 0.15) is 278 Å². The van der Waals surface area contributed by atoms with Gasteiger partial charge in [-0.15, -0.1) is 0 Å². The normalized spacial score (nSPS) is 12.6. The van der Waals surface area contributed by atoms with E-state index in [2.05, 4.69) is 93.7 Å². The quantitative estimate of drug-likeness (QED) is 0.0199. The summed E-state index contributed by atoms with van der Waals surface area (Å²) >= 11 is 0. The number of carbonyl (C=O) groups excluding carboxylic acids is 3. The van der Waals surface area contributed by atoms with E-state index < -0.39 is 6.10 Å². The molecule has 0 aliphatic rings. The minimum Gasteiger partial charge on any atom is -0.462 e. The van der Waals surface area contributed by atoms with Crippen LogP contribution in [0, 0.1) is 0 Å². The highest BCUT2D eigenvalue weighted by molar-refractivity contribution is 5.71. The maximum absolute atomic E-state index is 12.8. The molecule has 0 rings (SSSR count). The molecular formula is C61H106O6. The van der Waals surface area contributed by atoms with E-state index in [1.165, 1.54) is 167 Å². The summed E-state index contributed by atoms with van der Waals surface area (Å²) < 4.78 is 16.8. The highest BCUT2D eigenvalue weighted by Gasteiger charge is 2.19. The Morgan fingerprint density at radius 3 is 1.03 bits per heavy atom. The van der Waals surface area contributed by atoms with Crippen molar-refractivity contribution in [2.75, 3.05) is 13.2 Å². The fourth-order valence-corrected chi connectivity index (χ4v) is 7.86. The highest BCUT2D eigenvalue weighted by atomic mass is 16.6. The third-order valence-corrected chi connectivity index (χ3v) is 12.2. The van der Waals surface area contributed by atoms with Gasteiger partial charge in [0.15, 0.2) is 6.10 Å². The number of hydrogen-bond donors (Lipinski definition) is 0. The van der Waals surface area contributed by atoms with Crippen LogP contribution in [0.15, 0.2) is 72.9 Å². The zero-order valence-electron chi connectivity index (χ0n) is 44.2. The highest BCUT2D eigenvalue weighted by Crippen LogP contribution is 2.14. The molecule has 0 aromatic rings. The Bertz CT molecular complexity index is 1260. The molecule has 0 spiro atoms. The van der Waals surface area contributed by atoms with E-state index in [0.717, 1.165) is 64.2 Å². The van der Waals surface area contributed by atoms with E-state index >= 15 is 0 Å². The average Bonchev–Trinajstić information content (AvgIpc) is 3.33. The van der Waals surface area contributed by atoms with Crippen molar-refractivity contribution in [1.29, 1.82) is 0 Å². The zero-order chi connectivity index (χ0) is 48.6. The van der Waals surface area contributed by atoms with Crippen molar-refractivity contribution in [3.8, 4) is 0 Å². The number of allylic oxidation sites excluding steroid dienone is 12. The zero-order valence-corrected chi connectivity index (χ0v) is 44.2.